The first-order valence-electron chi connectivity index (χ1n) is 8.84. The minimum absolute atomic E-state index is 0.582. The Balaban J connectivity index is 1.34. The van der Waals surface area contributed by atoms with Gasteiger partial charge in [-0.2, -0.15) is 0 Å². The van der Waals surface area contributed by atoms with Gasteiger partial charge in [-0.25, -0.2) is 0 Å². The third-order valence-corrected chi connectivity index (χ3v) is 5.29. The van der Waals surface area contributed by atoms with Gasteiger partial charge in [0.25, 0.3) is 0 Å². The number of hydrogen-bond donors (Lipinski definition) is 1. The van der Waals surface area contributed by atoms with E-state index in [2.05, 4.69) is 23.2 Å². The fraction of sp³-hybridized carbons (Fsp3) is 0.778. The highest BCUT2D eigenvalue weighted by Crippen LogP contribution is 2.26. The maximum absolute atomic E-state index is 5.41. The van der Waals surface area contributed by atoms with Crippen LogP contribution in [0.2, 0.25) is 0 Å². The SMILES string of the molecule is C[C@@H](CCc1ccco1)NC1CCN(C2CCCC2)CC1. The second-order valence-corrected chi connectivity index (χ2v) is 6.93. The van der Waals surface area contributed by atoms with Crippen LogP contribution in [0.3, 0.4) is 0 Å². The molecule has 0 bridgehead atoms. The molecular formula is C18H30N2O. The van der Waals surface area contributed by atoms with Crippen LogP contribution in [0.4, 0.5) is 0 Å². The summed E-state index contributed by atoms with van der Waals surface area (Å²) in [5.74, 6) is 1.11. The van der Waals surface area contributed by atoms with Gasteiger partial charge >= 0.3 is 0 Å². The summed E-state index contributed by atoms with van der Waals surface area (Å²) in [7, 11) is 0. The fourth-order valence-electron chi connectivity index (χ4n) is 4.00. The third-order valence-electron chi connectivity index (χ3n) is 5.29. The Kier molecular flexibility index (Phi) is 5.37. The molecule has 1 saturated carbocycles. The van der Waals surface area contributed by atoms with E-state index >= 15 is 0 Å². The van der Waals surface area contributed by atoms with Gasteiger partial charge in [0.15, 0.2) is 0 Å². The molecule has 1 N–H and O–H groups in total. The number of aryl methyl sites for hydroxylation is 1. The van der Waals surface area contributed by atoms with Crippen molar-refractivity contribution in [2.75, 3.05) is 13.1 Å². The lowest BCUT2D eigenvalue weighted by Gasteiger charge is -2.37. The monoisotopic (exact) mass is 290 g/mol. The molecule has 3 nitrogen and oxygen atoms in total. The number of piperidine rings is 1. The number of nitrogens with zero attached hydrogens (tertiary/aromatic N) is 1. The Morgan fingerprint density at radius 3 is 2.67 bits per heavy atom. The first kappa shape index (κ1) is 15.1. The van der Waals surface area contributed by atoms with Crippen LogP contribution in [0.1, 0.15) is 57.6 Å². The van der Waals surface area contributed by atoms with E-state index in [1.165, 1.54) is 51.6 Å². The van der Waals surface area contributed by atoms with Crippen LogP contribution in [-0.2, 0) is 6.42 Å². The normalized spacial score (nSPS) is 23.7. The number of rotatable bonds is 6. The third kappa shape index (κ3) is 4.33. The van der Waals surface area contributed by atoms with E-state index in [0.717, 1.165) is 24.6 Å². The summed E-state index contributed by atoms with van der Waals surface area (Å²) < 4.78 is 5.41. The van der Waals surface area contributed by atoms with E-state index in [4.69, 9.17) is 4.42 Å². The fourth-order valence-corrected chi connectivity index (χ4v) is 4.00. The van der Waals surface area contributed by atoms with Crippen molar-refractivity contribution in [3.8, 4) is 0 Å². The van der Waals surface area contributed by atoms with Gasteiger partial charge in [0.2, 0.25) is 0 Å². The Labute approximate surface area is 129 Å². The van der Waals surface area contributed by atoms with Crippen molar-refractivity contribution >= 4 is 0 Å². The molecule has 1 atom stereocenters. The Hall–Kier alpha value is -0.800. The highest BCUT2D eigenvalue weighted by atomic mass is 16.3. The summed E-state index contributed by atoms with van der Waals surface area (Å²) in [6.07, 6.45) is 12.4. The van der Waals surface area contributed by atoms with Crippen LogP contribution in [-0.4, -0.2) is 36.1 Å². The Bertz CT molecular complexity index is 389. The van der Waals surface area contributed by atoms with Gasteiger partial charge < -0.3 is 14.6 Å². The molecule has 0 spiro atoms. The van der Waals surface area contributed by atoms with Gasteiger partial charge in [0.1, 0.15) is 5.76 Å². The molecule has 0 radical (unpaired) electrons. The van der Waals surface area contributed by atoms with E-state index in [-0.39, 0.29) is 0 Å². The van der Waals surface area contributed by atoms with Gasteiger partial charge in [-0.3, -0.25) is 0 Å². The second-order valence-electron chi connectivity index (χ2n) is 6.93. The number of nitrogens with one attached hydrogen (secondary N) is 1. The minimum Gasteiger partial charge on any atom is -0.469 e. The summed E-state index contributed by atoms with van der Waals surface area (Å²) in [6, 6.07) is 6.26. The van der Waals surface area contributed by atoms with E-state index in [1.807, 2.05) is 6.07 Å². The first-order valence-corrected chi connectivity index (χ1v) is 8.84. The van der Waals surface area contributed by atoms with E-state index < -0.39 is 0 Å². The average Bonchev–Trinajstić information content (AvgIpc) is 3.19. The van der Waals surface area contributed by atoms with E-state index in [1.54, 1.807) is 6.26 Å². The molecule has 2 fully saturated rings. The zero-order valence-electron chi connectivity index (χ0n) is 13.4. The maximum Gasteiger partial charge on any atom is 0.103 e. The average molecular weight is 290 g/mol. The molecule has 3 heteroatoms. The molecule has 1 aromatic rings. The lowest BCUT2D eigenvalue weighted by atomic mass is 10.0. The molecule has 1 aromatic heterocycles. The molecule has 118 valence electrons. The van der Waals surface area contributed by atoms with Crippen LogP contribution >= 0.6 is 0 Å². The predicted molar refractivity (Wildman–Crippen MR) is 86.5 cm³/mol. The molecule has 2 aliphatic rings. The topological polar surface area (TPSA) is 28.4 Å². The highest BCUT2D eigenvalue weighted by Gasteiger charge is 2.27. The summed E-state index contributed by atoms with van der Waals surface area (Å²) in [6.45, 7) is 4.91. The molecule has 0 amide bonds. The predicted octanol–water partition coefficient (Wildman–Crippen LogP) is 3.60. The molecule has 21 heavy (non-hydrogen) atoms. The van der Waals surface area contributed by atoms with Crippen LogP contribution in [0.15, 0.2) is 22.8 Å². The molecule has 1 saturated heterocycles. The van der Waals surface area contributed by atoms with Gasteiger partial charge in [0, 0.05) is 24.5 Å². The van der Waals surface area contributed by atoms with Crippen LogP contribution < -0.4 is 5.32 Å². The van der Waals surface area contributed by atoms with Crippen molar-refractivity contribution in [1.82, 2.24) is 10.2 Å². The number of hydrogen-bond acceptors (Lipinski definition) is 3. The highest BCUT2D eigenvalue weighted by molar-refractivity contribution is 4.98. The molecule has 1 aliphatic carbocycles. The van der Waals surface area contributed by atoms with Crippen molar-refractivity contribution in [3.63, 3.8) is 0 Å². The van der Waals surface area contributed by atoms with Crippen LogP contribution in [0.5, 0.6) is 0 Å². The molecule has 1 aliphatic heterocycles. The zero-order valence-corrected chi connectivity index (χ0v) is 13.4. The largest absolute Gasteiger partial charge is 0.469 e. The zero-order chi connectivity index (χ0) is 14.5. The van der Waals surface area contributed by atoms with Crippen molar-refractivity contribution in [2.45, 2.75) is 76.4 Å². The van der Waals surface area contributed by atoms with Gasteiger partial charge in [0.05, 0.1) is 6.26 Å². The van der Waals surface area contributed by atoms with Crippen molar-refractivity contribution < 1.29 is 4.42 Å². The van der Waals surface area contributed by atoms with Gasteiger partial charge in [-0.05, 0) is 64.3 Å². The summed E-state index contributed by atoms with van der Waals surface area (Å²) in [5, 5.41) is 3.82. The molecule has 0 unspecified atom stereocenters. The van der Waals surface area contributed by atoms with Crippen molar-refractivity contribution in [2.24, 2.45) is 0 Å². The standard InChI is InChI=1S/C18H30N2O/c1-15(8-9-18-7-4-14-21-18)19-16-10-12-20(13-11-16)17-5-2-3-6-17/h4,7,14-17,19H,2-3,5-6,8-13H2,1H3/t15-/m0/s1. The second kappa shape index (κ2) is 7.46. The van der Waals surface area contributed by atoms with Gasteiger partial charge in [-0.15, -0.1) is 0 Å². The van der Waals surface area contributed by atoms with Crippen molar-refractivity contribution in [1.29, 1.82) is 0 Å². The Morgan fingerprint density at radius 1 is 1.24 bits per heavy atom. The van der Waals surface area contributed by atoms with E-state index in [0.29, 0.717) is 12.1 Å². The maximum atomic E-state index is 5.41. The number of furan rings is 1. The van der Waals surface area contributed by atoms with Crippen LogP contribution in [0.25, 0.3) is 0 Å². The van der Waals surface area contributed by atoms with Crippen LogP contribution in [0, 0.1) is 0 Å². The Morgan fingerprint density at radius 2 is 2.00 bits per heavy atom. The summed E-state index contributed by atoms with van der Waals surface area (Å²) >= 11 is 0. The summed E-state index contributed by atoms with van der Waals surface area (Å²) in [5.41, 5.74) is 0. The van der Waals surface area contributed by atoms with Gasteiger partial charge in [-0.1, -0.05) is 12.8 Å². The van der Waals surface area contributed by atoms with Crippen molar-refractivity contribution in [3.05, 3.63) is 24.2 Å². The lowest BCUT2D eigenvalue weighted by Crippen LogP contribution is -2.48. The molecule has 2 heterocycles. The lowest BCUT2D eigenvalue weighted by molar-refractivity contribution is 0.141. The van der Waals surface area contributed by atoms with E-state index in [9.17, 15) is 0 Å². The smallest absolute Gasteiger partial charge is 0.103 e. The summed E-state index contributed by atoms with van der Waals surface area (Å²) in [4.78, 5) is 2.75. The first-order chi connectivity index (χ1) is 10.3. The molecule has 3 rings (SSSR count). The molecular weight excluding hydrogens is 260 g/mol. The minimum atomic E-state index is 0.582. The quantitative estimate of drug-likeness (QED) is 0.868. The number of likely N-dealkylation sites (tertiary alicyclic amines) is 1. The molecule has 0 aromatic carbocycles.